The van der Waals surface area contributed by atoms with Crippen molar-refractivity contribution >= 4 is 11.0 Å². The monoisotopic (exact) mass is 445 g/mol. The number of H-pyrrole nitrogens is 1. The molecular weight excluding hydrogens is 410 g/mol. The molecule has 0 bridgehead atoms. The van der Waals surface area contributed by atoms with E-state index in [2.05, 4.69) is 52.3 Å². The molecule has 174 valence electrons. The molecule has 2 fully saturated rings. The summed E-state index contributed by atoms with van der Waals surface area (Å²) in [6, 6.07) is 8.10. The van der Waals surface area contributed by atoms with Crippen LogP contribution in [0.1, 0.15) is 41.1 Å². The van der Waals surface area contributed by atoms with Gasteiger partial charge in [-0.3, -0.25) is 4.90 Å². The second-order valence-electron chi connectivity index (χ2n) is 10.1. The summed E-state index contributed by atoms with van der Waals surface area (Å²) in [5.74, 6) is 0. The van der Waals surface area contributed by atoms with Crippen LogP contribution in [0.5, 0.6) is 0 Å². The van der Waals surface area contributed by atoms with E-state index in [1.807, 2.05) is 12.4 Å². The number of aromatic nitrogens is 2. The van der Waals surface area contributed by atoms with Crippen LogP contribution in [0.2, 0.25) is 0 Å². The summed E-state index contributed by atoms with van der Waals surface area (Å²) in [6.07, 6.45) is 7.75. The van der Waals surface area contributed by atoms with Crippen LogP contribution in [-0.2, 0) is 17.7 Å². The second kappa shape index (κ2) is 8.84. The summed E-state index contributed by atoms with van der Waals surface area (Å²) in [5.41, 5.74) is 9.14. The van der Waals surface area contributed by atoms with E-state index in [1.165, 1.54) is 64.7 Å². The van der Waals surface area contributed by atoms with E-state index in [-0.39, 0.29) is 6.04 Å². The zero-order valence-electron chi connectivity index (χ0n) is 19.9. The summed E-state index contributed by atoms with van der Waals surface area (Å²) < 4.78 is 5.89. The van der Waals surface area contributed by atoms with Crippen LogP contribution >= 0.6 is 0 Å². The molecule has 3 aromatic rings. The molecule has 6 rings (SSSR count). The first-order valence-corrected chi connectivity index (χ1v) is 12.5. The van der Waals surface area contributed by atoms with Gasteiger partial charge in [-0.2, -0.15) is 0 Å². The standard InChI is InChI=1S/C27H35N5O/c1-18-14-29-27-23(18)13-21(15-30-27)20-11-19-3-9-32(22-4-7-31(2)8-5-22)16-25(19)24(12-20)26-17-33-10-6-28-26/h11-15,22,26,28H,3-10,16-17H2,1-2H3,(H,29,30)/t26-/m0/s1. The zero-order chi connectivity index (χ0) is 22.4. The number of pyridine rings is 1. The van der Waals surface area contributed by atoms with Crippen LogP contribution < -0.4 is 5.32 Å². The SMILES string of the molecule is Cc1c[nH]c2ncc(-c3cc4c(c([C@@H]5COCCN5)c3)CN(C3CCN(C)CC3)CC4)cc12. The fourth-order valence-electron chi connectivity index (χ4n) is 5.93. The van der Waals surface area contributed by atoms with Crippen molar-refractivity contribution in [3.8, 4) is 11.1 Å². The van der Waals surface area contributed by atoms with Crippen molar-refractivity contribution in [1.29, 1.82) is 0 Å². The number of morpholine rings is 1. The number of aromatic amines is 1. The van der Waals surface area contributed by atoms with Crippen molar-refractivity contribution in [3.63, 3.8) is 0 Å². The van der Waals surface area contributed by atoms with Gasteiger partial charge in [0.05, 0.1) is 19.3 Å². The minimum absolute atomic E-state index is 0.260. The third kappa shape index (κ3) is 4.10. The highest BCUT2D eigenvalue weighted by Gasteiger charge is 2.30. The molecule has 3 aliphatic heterocycles. The third-order valence-electron chi connectivity index (χ3n) is 7.98. The highest BCUT2D eigenvalue weighted by Crippen LogP contribution is 2.35. The molecule has 0 amide bonds. The molecule has 6 heteroatoms. The smallest absolute Gasteiger partial charge is 0.137 e. The van der Waals surface area contributed by atoms with Gasteiger partial charge < -0.3 is 19.9 Å². The Bertz CT molecular complexity index is 1140. The van der Waals surface area contributed by atoms with Gasteiger partial charge in [0, 0.05) is 49.0 Å². The lowest BCUT2D eigenvalue weighted by Gasteiger charge is -2.41. The molecule has 0 radical (unpaired) electrons. The van der Waals surface area contributed by atoms with E-state index < -0.39 is 0 Å². The largest absolute Gasteiger partial charge is 0.378 e. The Morgan fingerprint density at radius 1 is 1.09 bits per heavy atom. The lowest BCUT2D eigenvalue weighted by molar-refractivity contribution is 0.0750. The van der Waals surface area contributed by atoms with Crippen molar-refractivity contribution in [2.75, 3.05) is 46.4 Å². The highest BCUT2D eigenvalue weighted by atomic mass is 16.5. The van der Waals surface area contributed by atoms with Gasteiger partial charge in [-0.1, -0.05) is 6.07 Å². The molecule has 0 aliphatic carbocycles. The predicted octanol–water partition coefficient (Wildman–Crippen LogP) is 3.65. The van der Waals surface area contributed by atoms with Crippen LogP contribution in [0.25, 0.3) is 22.2 Å². The van der Waals surface area contributed by atoms with Gasteiger partial charge >= 0.3 is 0 Å². The van der Waals surface area contributed by atoms with Gasteiger partial charge in [-0.25, -0.2) is 4.98 Å². The Morgan fingerprint density at radius 3 is 2.79 bits per heavy atom. The molecule has 1 atom stereocenters. The van der Waals surface area contributed by atoms with Crippen molar-refractivity contribution in [3.05, 3.63) is 52.8 Å². The fraction of sp³-hybridized carbons (Fsp3) is 0.519. The number of rotatable bonds is 3. The first-order valence-electron chi connectivity index (χ1n) is 12.5. The van der Waals surface area contributed by atoms with Gasteiger partial charge in [0.25, 0.3) is 0 Å². The molecule has 33 heavy (non-hydrogen) atoms. The van der Waals surface area contributed by atoms with Crippen LogP contribution in [0.15, 0.2) is 30.6 Å². The number of benzene rings is 1. The summed E-state index contributed by atoms with van der Waals surface area (Å²) in [5, 5.41) is 4.94. The van der Waals surface area contributed by atoms with Gasteiger partial charge in [0.1, 0.15) is 5.65 Å². The number of nitrogens with one attached hydrogen (secondary N) is 2. The Balaban J connectivity index is 1.38. The van der Waals surface area contributed by atoms with Crippen LogP contribution in [-0.4, -0.2) is 72.3 Å². The Kier molecular flexibility index (Phi) is 5.70. The molecule has 1 aromatic carbocycles. The number of hydrogen-bond acceptors (Lipinski definition) is 5. The molecule has 2 aromatic heterocycles. The first kappa shape index (κ1) is 21.3. The number of piperidine rings is 1. The summed E-state index contributed by atoms with van der Waals surface area (Å²) in [7, 11) is 2.25. The number of hydrogen-bond donors (Lipinski definition) is 2. The number of aryl methyl sites for hydroxylation is 1. The fourth-order valence-corrected chi connectivity index (χ4v) is 5.93. The van der Waals surface area contributed by atoms with Gasteiger partial charge in [-0.15, -0.1) is 0 Å². The maximum atomic E-state index is 5.89. The maximum absolute atomic E-state index is 5.89. The molecule has 6 nitrogen and oxygen atoms in total. The van der Waals surface area contributed by atoms with Crippen molar-refractivity contribution in [1.82, 2.24) is 25.1 Å². The Hall–Kier alpha value is -2.25. The van der Waals surface area contributed by atoms with E-state index in [0.29, 0.717) is 6.04 Å². The number of ether oxygens (including phenoxy) is 1. The van der Waals surface area contributed by atoms with Crippen molar-refractivity contribution in [2.24, 2.45) is 0 Å². The summed E-state index contributed by atoms with van der Waals surface area (Å²) in [4.78, 5) is 13.2. The lowest BCUT2D eigenvalue weighted by Crippen LogP contribution is -2.46. The predicted molar refractivity (Wildman–Crippen MR) is 132 cm³/mol. The van der Waals surface area contributed by atoms with Gasteiger partial charge in [0.2, 0.25) is 0 Å². The van der Waals surface area contributed by atoms with Crippen molar-refractivity contribution in [2.45, 2.75) is 44.8 Å². The molecule has 0 unspecified atom stereocenters. The van der Waals surface area contributed by atoms with Gasteiger partial charge in [-0.05, 0) is 86.3 Å². The molecule has 5 heterocycles. The molecule has 2 saturated heterocycles. The number of nitrogens with zero attached hydrogens (tertiary/aromatic N) is 3. The average Bonchev–Trinajstić information content (AvgIpc) is 3.24. The van der Waals surface area contributed by atoms with Crippen LogP contribution in [0, 0.1) is 6.92 Å². The number of fused-ring (bicyclic) bond motifs is 2. The summed E-state index contributed by atoms with van der Waals surface area (Å²) in [6.45, 7) is 9.25. The van der Waals surface area contributed by atoms with Crippen LogP contribution in [0.3, 0.4) is 0 Å². The van der Waals surface area contributed by atoms with E-state index in [1.54, 1.807) is 0 Å². The average molecular weight is 446 g/mol. The molecule has 3 aliphatic rings. The van der Waals surface area contributed by atoms with Crippen LogP contribution in [0.4, 0.5) is 0 Å². The van der Waals surface area contributed by atoms with Gasteiger partial charge in [0.15, 0.2) is 0 Å². The van der Waals surface area contributed by atoms with E-state index in [4.69, 9.17) is 9.72 Å². The third-order valence-corrected chi connectivity index (χ3v) is 7.98. The Labute approximate surface area is 196 Å². The minimum atomic E-state index is 0.260. The van der Waals surface area contributed by atoms with E-state index in [9.17, 15) is 0 Å². The summed E-state index contributed by atoms with van der Waals surface area (Å²) >= 11 is 0. The first-order chi connectivity index (χ1) is 16.2. The van der Waals surface area contributed by atoms with E-state index >= 15 is 0 Å². The topological polar surface area (TPSA) is 56.4 Å². The highest BCUT2D eigenvalue weighted by molar-refractivity contribution is 5.84. The van der Waals surface area contributed by atoms with E-state index in [0.717, 1.165) is 44.9 Å². The second-order valence-corrected chi connectivity index (χ2v) is 10.1. The molecule has 0 saturated carbocycles. The normalized spacial score (nSPS) is 23.2. The lowest BCUT2D eigenvalue weighted by atomic mass is 9.86. The number of likely N-dealkylation sites (tertiary alicyclic amines) is 1. The Morgan fingerprint density at radius 2 is 1.97 bits per heavy atom. The van der Waals surface area contributed by atoms with Crippen molar-refractivity contribution < 1.29 is 4.74 Å². The molecule has 2 N–H and O–H groups in total. The molecular formula is C27H35N5O. The quantitative estimate of drug-likeness (QED) is 0.645. The zero-order valence-corrected chi connectivity index (χ0v) is 19.9. The maximum Gasteiger partial charge on any atom is 0.137 e. The minimum Gasteiger partial charge on any atom is -0.378 e. The molecule has 0 spiro atoms.